The average molecular weight is 346 g/mol. The van der Waals surface area contributed by atoms with Crippen molar-refractivity contribution in [1.82, 2.24) is 4.90 Å². The Hall–Kier alpha value is -1.65. The molecule has 4 heteroatoms. The molecule has 1 heterocycles. The summed E-state index contributed by atoms with van der Waals surface area (Å²) in [7, 11) is 0. The van der Waals surface area contributed by atoms with Crippen LogP contribution in [0.5, 0.6) is 0 Å². The fourth-order valence-corrected chi connectivity index (χ4v) is 3.33. The topological polar surface area (TPSA) is 40.5 Å². The number of fused-ring (bicyclic) bond motifs is 1. The Morgan fingerprint density at radius 2 is 1.90 bits per heavy atom. The van der Waals surface area contributed by atoms with Crippen LogP contribution in [0.15, 0.2) is 53.0 Å². The van der Waals surface area contributed by atoms with Crippen LogP contribution < -0.4 is 0 Å². The summed E-state index contributed by atoms with van der Waals surface area (Å²) in [5.41, 5.74) is 3.18. The van der Waals surface area contributed by atoms with Gasteiger partial charge in [-0.25, -0.2) is 0 Å². The smallest absolute Gasteiger partial charge is 0.325 e. The minimum absolute atomic E-state index is 0.568. The molecule has 0 saturated heterocycles. The fraction of sp³-hybridized carbons (Fsp3) is 0.235. The van der Waals surface area contributed by atoms with E-state index in [4.69, 9.17) is 0 Å². The van der Waals surface area contributed by atoms with Crippen LogP contribution in [-0.2, 0) is 17.8 Å². The molecule has 1 N–H and O–H groups in total. The Bertz CT molecular complexity index is 671. The maximum absolute atomic E-state index is 11.7. The van der Waals surface area contributed by atoms with Gasteiger partial charge in [0.05, 0.1) is 0 Å². The Morgan fingerprint density at radius 1 is 1.19 bits per heavy atom. The number of halogens is 1. The zero-order valence-electron chi connectivity index (χ0n) is 11.5. The number of aliphatic carboxylic acids is 1. The largest absolute Gasteiger partial charge is 0.480 e. The van der Waals surface area contributed by atoms with Crippen LogP contribution in [0, 0.1) is 0 Å². The van der Waals surface area contributed by atoms with Crippen LogP contribution in [0.4, 0.5) is 0 Å². The molecule has 1 aliphatic rings. The number of nitrogens with zero attached hydrogens (tertiary/aromatic N) is 1. The lowest BCUT2D eigenvalue weighted by molar-refractivity contribution is -0.144. The summed E-state index contributed by atoms with van der Waals surface area (Å²) >= 11 is 3.54. The van der Waals surface area contributed by atoms with Crippen molar-refractivity contribution < 1.29 is 9.90 Å². The number of rotatable bonds is 3. The van der Waals surface area contributed by atoms with Crippen molar-refractivity contribution in [3.8, 4) is 0 Å². The van der Waals surface area contributed by atoms with Gasteiger partial charge in [-0.3, -0.25) is 9.69 Å². The highest BCUT2D eigenvalue weighted by Crippen LogP contribution is 2.32. The third-order valence-corrected chi connectivity index (χ3v) is 4.72. The highest BCUT2D eigenvalue weighted by atomic mass is 79.9. The van der Waals surface area contributed by atoms with Gasteiger partial charge in [0.2, 0.25) is 0 Å². The second-order valence-electron chi connectivity index (χ2n) is 5.25. The lowest BCUT2D eigenvalue weighted by Crippen LogP contribution is -2.39. The summed E-state index contributed by atoms with van der Waals surface area (Å²) in [5.74, 6) is -0.783. The zero-order valence-corrected chi connectivity index (χ0v) is 13.1. The van der Waals surface area contributed by atoms with Crippen molar-refractivity contribution in [3.63, 3.8) is 0 Å². The molecule has 3 rings (SSSR count). The van der Waals surface area contributed by atoms with Crippen LogP contribution in [-0.4, -0.2) is 22.5 Å². The zero-order chi connectivity index (χ0) is 14.8. The van der Waals surface area contributed by atoms with Crippen molar-refractivity contribution in [2.75, 3.05) is 6.54 Å². The molecule has 0 amide bonds. The summed E-state index contributed by atoms with van der Waals surface area (Å²) in [4.78, 5) is 13.8. The molecule has 21 heavy (non-hydrogen) atoms. The highest BCUT2D eigenvalue weighted by Gasteiger charge is 2.32. The highest BCUT2D eigenvalue weighted by molar-refractivity contribution is 9.10. The van der Waals surface area contributed by atoms with Crippen LogP contribution in [0.25, 0.3) is 0 Å². The van der Waals surface area contributed by atoms with E-state index in [-0.39, 0.29) is 0 Å². The van der Waals surface area contributed by atoms with E-state index in [0.717, 1.165) is 34.1 Å². The molecule has 1 aliphatic heterocycles. The normalized spacial score (nSPS) is 18.2. The molecule has 2 aromatic carbocycles. The van der Waals surface area contributed by atoms with E-state index in [2.05, 4.69) is 15.9 Å². The molecule has 0 spiro atoms. The maximum atomic E-state index is 11.7. The number of carboxylic acid groups (broad SMARTS) is 1. The van der Waals surface area contributed by atoms with Gasteiger partial charge in [0, 0.05) is 17.6 Å². The lowest BCUT2D eigenvalue weighted by Gasteiger charge is -2.34. The van der Waals surface area contributed by atoms with Crippen molar-refractivity contribution in [1.29, 1.82) is 0 Å². The SMILES string of the molecule is O=C(O)C1c2ccccc2CCN1Cc1ccccc1Br. The first-order chi connectivity index (χ1) is 10.2. The van der Waals surface area contributed by atoms with E-state index in [1.807, 2.05) is 53.4 Å². The molecule has 1 unspecified atom stereocenters. The minimum Gasteiger partial charge on any atom is -0.480 e. The van der Waals surface area contributed by atoms with Crippen LogP contribution in [0.2, 0.25) is 0 Å². The first kappa shape index (κ1) is 14.3. The molecule has 0 saturated carbocycles. The van der Waals surface area contributed by atoms with Crippen molar-refractivity contribution >= 4 is 21.9 Å². The fourth-order valence-electron chi connectivity index (χ4n) is 2.92. The van der Waals surface area contributed by atoms with E-state index in [1.54, 1.807) is 0 Å². The average Bonchev–Trinajstić information content (AvgIpc) is 2.49. The molecule has 2 aromatic rings. The van der Waals surface area contributed by atoms with Crippen molar-refractivity contribution in [2.45, 2.75) is 19.0 Å². The van der Waals surface area contributed by atoms with E-state index in [9.17, 15) is 9.90 Å². The summed E-state index contributed by atoms with van der Waals surface area (Å²) in [5, 5.41) is 9.65. The quantitative estimate of drug-likeness (QED) is 0.923. The minimum atomic E-state index is -0.783. The second kappa shape index (κ2) is 6.00. The van der Waals surface area contributed by atoms with Gasteiger partial charge in [-0.1, -0.05) is 58.4 Å². The molecule has 108 valence electrons. The Balaban J connectivity index is 1.93. The predicted octanol–water partition coefficient (Wildman–Crippen LogP) is 3.63. The number of hydrogen-bond donors (Lipinski definition) is 1. The standard InChI is InChI=1S/C17H16BrNO2/c18-15-8-4-2-6-13(15)11-19-10-9-12-5-1-3-7-14(12)16(19)17(20)21/h1-8,16H,9-11H2,(H,20,21). The van der Waals surface area contributed by atoms with E-state index >= 15 is 0 Å². The summed E-state index contributed by atoms with van der Waals surface area (Å²) in [6.45, 7) is 1.39. The molecule has 0 radical (unpaired) electrons. The van der Waals surface area contributed by atoms with Crippen molar-refractivity contribution in [2.24, 2.45) is 0 Å². The summed E-state index contributed by atoms with van der Waals surface area (Å²) in [6.07, 6.45) is 0.893. The van der Waals surface area contributed by atoms with Crippen molar-refractivity contribution in [3.05, 3.63) is 69.7 Å². The van der Waals surface area contributed by atoms with Gasteiger partial charge in [-0.2, -0.15) is 0 Å². The number of benzene rings is 2. The van der Waals surface area contributed by atoms with Gasteiger partial charge in [0.25, 0.3) is 0 Å². The van der Waals surface area contributed by atoms with Gasteiger partial charge in [-0.05, 0) is 29.2 Å². The first-order valence-corrected chi connectivity index (χ1v) is 7.74. The Morgan fingerprint density at radius 3 is 2.67 bits per heavy atom. The summed E-state index contributed by atoms with van der Waals surface area (Å²) < 4.78 is 1.02. The Labute approximate surface area is 132 Å². The van der Waals surface area contributed by atoms with E-state index < -0.39 is 12.0 Å². The summed E-state index contributed by atoms with van der Waals surface area (Å²) in [6, 6.07) is 15.2. The monoisotopic (exact) mass is 345 g/mol. The molecule has 1 atom stereocenters. The van der Waals surface area contributed by atoms with Gasteiger partial charge in [0.1, 0.15) is 6.04 Å². The molecule has 0 aliphatic carbocycles. The third-order valence-electron chi connectivity index (χ3n) is 3.95. The molecule has 0 bridgehead atoms. The molecular formula is C17H16BrNO2. The van der Waals surface area contributed by atoms with E-state index in [0.29, 0.717) is 6.54 Å². The van der Waals surface area contributed by atoms with Crippen LogP contribution >= 0.6 is 15.9 Å². The second-order valence-corrected chi connectivity index (χ2v) is 6.11. The van der Waals surface area contributed by atoms with Crippen LogP contribution in [0.1, 0.15) is 22.7 Å². The maximum Gasteiger partial charge on any atom is 0.325 e. The molecule has 0 aromatic heterocycles. The first-order valence-electron chi connectivity index (χ1n) is 6.95. The van der Waals surface area contributed by atoms with Gasteiger partial charge in [0.15, 0.2) is 0 Å². The lowest BCUT2D eigenvalue weighted by atomic mass is 9.92. The van der Waals surface area contributed by atoms with Gasteiger partial charge in [-0.15, -0.1) is 0 Å². The molecule has 3 nitrogen and oxygen atoms in total. The van der Waals surface area contributed by atoms with Gasteiger partial charge < -0.3 is 5.11 Å². The van der Waals surface area contributed by atoms with Gasteiger partial charge >= 0.3 is 5.97 Å². The Kier molecular flexibility index (Phi) is 4.08. The third kappa shape index (κ3) is 2.87. The predicted molar refractivity (Wildman–Crippen MR) is 85.1 cm³/mol. The number of hydrogen-bond acceptors (Lipinski definition) is 2. The number of carbonyl (C=O) groups is 1. The number of carboxylic acids is 1. The molecule has 0 fully saturated rings. The van der Waals surface area contributed by atoms with E-state index in [1.165, 1.54) is 0 Å². The molecular weight excluding hydrogens is 330 g/mol. The van der Waals surface area contributed by atoms with Crippen LogP contribution in [0.3, 0.4) is 0 Å².